The summed E-state index contributed by atoms with van der Waals surface area (Å²) < 4.78 is 0. The summed E-state index contributed by atoms with van der Waals surface area (Å²) in [4.78, 5) is 7.06. The van der Waals surface area contributed by atoms with Gasteiger partial charge in [0.05, 0.1) is 6.54 Å². The normalized spacial score (nSPS) is 18.9. The average molecular weight is 265 g/mol. The van der Waals surface area contributed by atoms with Crippen molar-refractivity contribution in [1.82, 2.24) is 25.4 Å². The van der Waals surface area contributed by atoms with Gasteiger partial charge in [0.25, 0.3) is 0 Å². The highest BCUT2D eigenvalue weighted by Gasteiger charge is 2.20. The monoisotopic (exact) mass is 265 g/mol. The number of nitrogens with one attached hydrogen (secondary N) is 2. The lowest BCUT2D eigenvalue weighted by Crippen LogP contribution is -2.42. The van der Waals surface area contributed by atoms with Gasteiger partial charge in [0.15, 0.2) is 5.82 Å². The molecule has 19 heavy (non-hydrogen) atoms. The molecule has 0 spiro atoms. The van der Waals surface area contributed by atoms with E-state index in [0.717, 1.165) is 18.2 Å². The molecule has 2 rings (SSSR count). The molecule has 1 aliphatic heterocycles. The number of nitrogens with zero attached hydrogens (tertiary/aromatic N) is 3. The molecule has 1 saturated heterocycles. The number of piperidine rings is 1. The van der Waals surface area contributed by atoms with E-state index in [2.05, 4.69) is 53.1 Å². The first-order valence-electron chi connectivity index (χ1n) is 7.36. The van der Waals surface area contributed by atoms with E-state index in [1.54, 1.807) is 0 Å². The third-order valence-corrected chi connectivity index (χ3v) is 3.80. The summed E-state index contributed by atoms with van der Waals surface area (Å²) in [5.74, 6) is 1.84. The lowest BCUT2D eigenvalue weighted by Gasteiger charge is -2.31. The predicted octanol–water partition coefficient (Wildman–Crippen LogP) is 1.68. The van der Waals surface area contributed by atoms with Crippen LogP contribution in [0.15, 0.2) is 0 Å². The van der Waals surface area contributed by atoms with Gasteiger partial charge in [-0.2, -0.15) is 5.10 Å². The Labute approximate surface area is 116 Å². The van der Waals surface area contributed by atoms with Crippen LogP contribution in [0, 0.1) is 0 Å². The molecule has 1 aliphatic rings. The van der Waals surface area contributed by atoms with Gasteiger partial charge in [-0.1, -0.05) is 27.7 Å². The van der Waals surface area contributed by atoms with Gasteiger partial charge in [-0.05, 0) is 32.5 Å². The van der Waals surface area contributed by atoms with E-state index < -0.39 is 0 Å². The second-order valence-electron chi connectivity index (χ2n) is 6.45. The molecular weight excluding hydrogens is 238 g/mol. The summed E-state index contributed by atoms with van der Waals surface area (Å²) in [5, 5.41) is 10.9. The minimum Gasteiger partial charge on any atom is -0.307 e. The van der Waals surface area contributed by atoms with Crippen molar-refractivity contribution >= 4 is 0 Å². The van der Waals surface area contributed by atoms with Crippen LogP contribution < -0.4 is 5.32 Å². The molecule has 2 N–H and O–H groups in total. The zero-order valence-electron chi connectivity index (χ0n) is 12.7. The largest absolute Gasteiger partial charge is 0.307 e. The van der Waals surface area contributed by atoms with Gasteiger partial charge in [-0.15, -0.1) is 0 Å². The fraction of sp³-hybridized carbons (Fsp3) is 0.857. The molecule has 2 heterocycles. The molecule has 108 valence electrons. The first-order chi connectivity index (χ1) is 8.99. The Kier molecular flexibility index (Phi) is 4.58. The molecule has 0 bridgehead atoms. The Morgan fingerprint density at radius 1 is 1.32 bits per heavy atom. The van der Waals surface area contributed by atoms with Crippen LogP contribution in [0.25, 0.3) is 0 Å². The first-order valence-corrected chi connectivity index (χ1v) is 7.36. The van der Waals surface area contributed by atoms with Crippen LogP contribution in [0.4, 0.5) is 0 Å². The van der Waals surface area contributed by atoms with Gasteiger partial charge in [-0.25, -0.2) is 4.98 Å². The first kappa shape index (κ1) is 14.5. The Morgan fingerprint density at radius 2 is 2.00 bits per heavy atom. The van der Waals surface area contributed by atoms with Crippen LogP contribution in [-0.2, 0) is 12.0 Å². The highest BCUT2D eigenvalue weighted by Crippen LogP contribution is 2.17. The molecule has 5 heteroatoms. The van der Waals surface area contributed by atoms with Gasteiger partial charge in [0.1, 0.15) is 5.82 Å². The summed E-state index contributed by atoms with van der Waals surface area (Å²) >= 11 is 0. The maximum Gasteiger partial charge on any atom is 0.156 e. The Bertz CT molecular complexity index is 385. The Morgan fingerprint density at radius 3 is 2.53 bits per heavy atom. The third-order valence-electron chi connectivity index (χ3n) is 3.80. The second-order valence-corrected chi connectivity index (χ2v) is 6.45. The summed E-state index contributed by atoms with van der Waals surface area (Å²) in [5.41, 5.74) is 0.0151. The standard InChI is InChI=1S/C14H27N5/c1-5-19-8-6-11(7-9-19)15-10-12-16-13(18-17-12)14(2,3)4/h11,15H,5-10H2,1-4H3,(H,16,17,18). The Balaban J connectivity index is 1.78. The smallest absolute Gasteiger partial charge is 0.156 e. The zero-order chi connectivity index (χ0) is 13.9. The van der Waals surface area contributed by atoms with Crippen LogP contribution in [0.2, 0.25) is 0 Å². The molecule has 0 amide bonds. The zero-order valence-corrected chi connectivity index (χ0v) is 12.7. The maximum atomic E-state index is 4.56. The maximum absolute atomic E-state index is 4.56. The summed E-state index contributed by atoms with van der Waals surface area (Å²) in [6, 6.07) is 0.617. The van der Waals surface area contributed by atoms with E-state index in [0.29, 0.717) is 6.04 Å². The van der Waals surface area contributed by atoms with Crippen LogP contribution in [-0.4, -0.2) is 45.8 Å². The van der Waals surface area contributed by atoms with Crippen molar-refractivity contribution in [3.05, 3.63) is 11.6 Å². The fourth-order valence-corrected chi connectivity index (χ4v) is 2.40. The van der Waals surface area contributed by atoms with Gasteiger partial charge in [0, 0.05) is 11.5 Å². The van der Waals surface area contributed by atoms with Gasteiger partial charge in [0.2, 0.25) is 0 Å². The molecule has 1 fully saturated rings. The van der Waals surface area contributed by atoms with E-state index in [9.17, 15) is 0 Å². The molecule has 0 aliphatic carbocycles. The number of hydrogen-bond acceptors (Lipinski definition) is 4. The van der Waals surface area contributed by atoms with E-state index in [1.807, 2.05) is 0 Å². The molecular formula is C14H27N5. The summed E-state index contributed by atoms with van der Waals surface area (Å²) in [7, 11) is 0. The highest BCUT2D eigenvalue weighted by molar-refractivity contribution is 5.02. The Hall–Kier alpha value is -0.940. The summed E-state index contributed by atoms with van der Waals surface area (Å²) in [6.07, 6.45) is 2.46. The van der Waals surface area contributed by atoms with Gasteiger partial charge in [-0.3, -0.25) is 5.10 Å². The lowest BCUT2D eigenvalue weighted by molar-refractivity contribution is 0.205. The number of hydrogen-bond donors (Lipinski definition) is 2. The molecule has 0 saturated carbocycles. The molecule has 0 aromatic carbocycles. The van der Waals surface area contributed by atoms with E-state index in [1.165, 1.54) is 32.5 Å². The van der Waals surface area contributed by atoms with Crippen LogP contribution in [0.5, 0.6) is 0 Å². The van der Waals surface area contributed by atoms with Crippen molar-refractivity contribution in [1.29, 1.82) is 0 Å². The fourth-order valence-electron chi connectivity index (χ4n) is 2.40. The van der Waals surface area contributed by atoms with Gasteiger partial charge < -0.3 is 10.2 Å². The van der Waals surface area contributed by atoms with Crippen LogP contribution >= 0.6 is 0 Å². The van der Waals surface area contributed by atoms with Crippen molar-refractivity contribution < 1.29 is 0 Å². The van der Waals surface area contributed by atoms with Crippen LogP contribution in [0.1, 0.15) is 52.2 Å². The molecule has 0 radical (unpaired) electrons. The van der Waals surface area contributed by atoms with Crippen LogP contribution in [0.3, 0.4) is 0 Å². The molecule has 1 aromatic heterocycles. The topological polar surface area (TPSA) is 56.8 Å². The van der Waals surface area contributed by atoms with E-state index in [4.69, 9.17) is 0 Å². The van der Waals surface area contributed by atoms with Crippen molar-refractivity contribution in [3.8, 4) is 0 Å². The molecule has 5 nitrogen and oxygen atoms in total. The molecule has 0 atom stereocenters. The second kappa shape index (κ2) is 6.01. The lowest BCUT2D eigenvalue weighted by atomic mass is 9.96. The van der Waals surface area contributed by atoms with Crippen molar-refractivity contribution in [3.63, 3.8) is 0 Å². The SMILES string of the molecule is CCN1CCC(NCc2nc(C(C)(C)C)n[nH]2)CC1. The number of rotatable bonds is 4. The van der Waals surface area contributed by atoms with E-state index >= 15 is 0 Å². The van der Waals surface area contributed by atoms with E-state index in [-0.39, 0.29) is 5.41 Å². The number of likely N-dealkylation sites (tertiary alicyclic amines) is 1. The number of aromatic nitrogens is 3. The quantitative estimate of drug-likeness (QED) is 0.869. The third kappa shape index (κ3) is 4.01. The molecule has 0 unspecified atom stereocenters. The van der Waals surface area contributed by atoms with Crippen molar-refractivity contribution in [2.45, 2.75) is 58.5 Å². The minimum atomic E-state index is 0.0151. The summed E-state index contributed by atoms with van der Waals surface area (Å²) in [6.45, 7) is 13.0. The van der Waals surface area contributed by atoms with Crippen molar-refractivity contribution in [2.75, 3.05) is 19.6 Å². The molecule has 1 aromatic rings. The van der Waals surface area contributed by atoms with Crippen molar-refractivity contribution in [2.24, 2.45) is 0 Å². The van der Waals surface area contributed by atoms with Gasteiger partial charge >= 0.3 is 0 Å². The number of H-pyrrole nitrogens is 1. The average Bonchev–Trinajstić information content (AvgIpc) is 2.86. The highest BCUT2D eigenvalue weighted by atomic mass is 15.2. The minimum absolute atomic E-state index is 0.0151. The number of aromatic amines is 1. The predicted molar refractivity (Wildman–Crippen MR) is 77.1 cm³/mol.